The summed E-state index contributed by atoms with van der Waals surface area (Å²) in [4.78, 5) is 31.2. The third-order valence-electron chi connectivity index (χ3n) is 6.80. The number of aromatic nitrogens is 1. The van der Waals surface area contributed by atoms with E-state index in [0.717, 1.165) is 34.2 Å². The number of carbonyl (C=O) groups excluding carboxylic acids is 2. The molecule has 0 radical (unpaired) electrons. The summed E-state index contributed by atoms with van der Waals surface area (Å²) in [6.45, 7) is 4.09. The Morgan fingerprint density at radius 3 is 2.33 bits per heavy atom. The number of halogens is 3. The molecule has 0 spiro atoms. The largest absolute Gasteiger partial charge is 0.416 e. The van der Waals surface area contributed by atoms with Gasteiger partial charge in [0.1, 0.15) is 6.04 Å². The molecular formula is C27H31F3N4O2. The van der Waals surface area contributed by atoms with Crippen molar-refractivity contribution in [3.63, 3.8) is 0 Å². The number of likely N-dealkylation sites (tertiary alicyclic amines) is 1. The van der Waals surface area contributed by atoms with Crippen LogP contribution < -0.4 is 11.1 Å². The standard InChI is InChI=1S/C27H31F3N4O2/c1-26(2,31)25(36)33-23(15-19-16-32-22-6-4-3-5-21(19)22)24(35)34-13-11-18(12-14-34)17-7-9-20(10-8-17)27(28,29)30/h3-10,16,18,23,32H,11-15,31H2,1-2H3,(H,33,36)/t23-/m1/s1. The van der Waals surface area contributed by atoms with Gasteiger partial charge in [-0.1, -0.05) is 30.3 Å². The van der Waals surface area contributed by atoms with Crippen molar-refractivity contribution in [3.8, 4) is 0 Å². The highest BCUT2D eigenvalue weighted by atomic mass is 19.4. The van der Waals surface area contributed by atoms with Gasteiger partial charge in [0, 0.05) is 36.6 Å². The van der Waals surface area contributed by atoms with Gasteiger partial charge in [0.25, 0.3) is 0 Å². The SMILES string of the molecule is CC(C)(N)C(=O)N[C@H](Cc1c[nH]c2ccccc12)C(=O)N1CCC(c2ccc(C(F)(F)F)cc2)CC1. The number of fused-ring (bicyclic) bond motifs is 1. The van der Waals surface area contributed by atoms with Crippen LogP contribution in [0, 0.1) is 0 Å². The van der Waals surface area contributed by atoms with Gasteiger partial charge >= 0.3 is 6.18 Å². The number of alkyl halides is 3. The molecule has 192 valence electrons. The quantitative estimate of drug-likeness (QED) is 0.470. The third-order valence-corrected chi connectivity index (χ3v) is 6.80. The minimum atomic E-state index is -4.36. The molecule has 2 aromatic carbocycles. The zero-order chi connectivity index (χ0) is 26.1. The number of nitrogens with two attached hydrogens (primary N) is 1. The summed E-state index contributed by atoms with van der Waals surface area (Å²) in [6, 6.07) is 12.2. The summed E-state index contributed by atoms with van der Waals surface area (Å²) < 4.78 is 38.6. The molecule has 3 aromatic rings. The Hall–Kier alpha value is -3.33. The predicted molar refractivity (Wildman–Crippen MR) is 132 cm³/mol. The smallest absolute Gasteiger partial charge is 0.361 e. The van der Waals surface area contributed by atoms with Crippen molar-refractivity contribution in [3.05, 3.63) is 71.4 Å². The monoisotopic (exact) mass is 500 g/mol. The first-order valence-corrected chi connectivity index (χ1v) is 12.0. The molecule has 36 heavy (non-hydrogen) atoms. The van der Waals surface area contributed by atoms with Crippen LogP contribution in [-0.4, -0.2) is 46.4 Å². The molecule has 0 unspecified atom stereocenters. The van der Waals surface area contributed by atoms with E-state index in [1.807, 2.05) is 30.5 Å². The Labute approximate surface area is 208 Å². The lowest BCUT2D eigenvalue weighted by Crippen LogP contribution is -2.57. The first-order chi connectivity index (χ1) is 16.9. The molecule has 1 saturated heterocycles. The van der Waals surface area contributed by atoms with E-state index < -0.39 is 29.2 Å². The van der Waals surface area contributed by atoms with Crippen LogP contribution in [0.15, 0.2) is 54.7 Å². The van der Waals surface area contributed by atoms with E-state index in [4.69, 9.17) is 5.73 Å². The molecule has 2 amide bonds. The number of carbonyl (C=O) groups is 2. The second-order valence-corrected chi connectivity index (χ2v) is 10.0. The fourth-order valence-corrected chi connectivity index (χ4v) is 4.66. The zero-order valence-corrected chi connectivity index (χ0v) is 20.4. The lowest BCUT2D eigenvalue weighted by atomic mass is 9.88. The molecule has 1 aliphatic rings. The van der Waals surface area contributed by atoms with Gasteiger partial charge in [-0.05, 0) is 61.9 Å². The van der Waals surface area contributed by atoms with Gasteiger partial charge in [0.05, 0.1) is 11.1 Å². The van der Waals surface area contributed by atoms with E-state index in [0.29, 0.717) is 32.4 Å². The van der Waals surface area contributed by atoms with Crippen molar-refractivity contribution >= 4 is 22.7 Å². The Kier molecular flexibility index (Phi) is 7.13. The van der Waals surface area contributed by atoms with Gasteiger partial charge in [0.2, 0.25) is 11.8 Å². The third kappa shape index (κ3) is 5.73. The van der Waals surface area contributed by atoms with Crippen LogP contribution in [0.25, 0.3) is 10.9 Å². The van der Waals surface area contributed by atoms with Crippen molar-refractivity contribution in [2.45, 2.75) is 56.8 Å². The minimum absolute atomic E-state index is 0.0703. The van der Waals surface area contributed by atoms with E-state index in [-0.39, 0.29) is 11.8 Å². The fourth-order valence-electron chi connectivity index (χ4n) is 4.66. The van der Waals surface area contributed by atoms with Gasteiger partial charge in [0.15, 0.2) is 0 Å². The molecule has 4 rings (SSSR count). The maximum absolute atomic E-state index is 13.6. The lowest BCUT2D eigenvalue weighted by molar-refractivity contribution is -0.138. The molecule has 1 aromatic heterocycles. The highest BCUT2D eigenvalue weighted by Crippen LogP contribution is 2.33. The molecule has 6 nitrogen and oxygen atoms in total. The highest BCUT2D eigenvalue weighted by molar-refractivity contribution is 5.92. The van der Waals surface area contributed by atoms with E-state index in [9.17, 15) is 22.8 Å². The van der Waals surface area contributed by atoms with Gasteiger partial charge in [-0.25, -0.2) is 0 Å². The minimum Gasteiger partial charge on any atom is -0.361 e. The van der Waals surface area contributed by atoms with Crippen LogP contribution in [-0.2, 0) is 22.2 Å². The first kappa shape index (κ1) is 25.8. The molecule has 0 saturated carbocycles. The van der Waals surface area contributed by atoms with Gasteiger partial charge in [-0.3, -0.25) is 9.59 Å². The van der Waals surface area contributed by atoms with Crippen LogP contribution in [0.3, 0.4) is 0 Å². The van der Waals surface area contributed by atoms with Gasteiger partial charge in [-0.15, -0.1) is 0 Å². The maximum Gasteiger partial charge on any atom is 0.416 e. The number of hydrogen-bond acceptors (Lipinski definition) is 3. The number of hydrogen-bond donors (Lipinski definition) is 3. The van der Waals surface area contributed by atoms with E-state index in [1.165, 1.54) is 12.1 Å². The molecule has 9 heteroatoms. The van der Waals surface area contributed by atoms with Crippen LogP contribution in [0.2, 0.25) is 0 Å². The number of nitrogens with zero attached hydrogens (tertiary/aromatic N) is 1. The molecule has 1 fully saturated rings. The summed E-state index contributed by atoms with van der Waals surface area (Å²) in [5.74, 6) is -0.537. The second-order valence-electron chi connectivity index (χ2n) is 10.0. The predicted octanol–water partition coefficient (Wildman–Crippen LogP) is 4.36. The number of piperidine rings is 1. The van der Waals surface area contributed by atoms with Crippen molar-refractivity contribution in [2.75, 3.05) is 13.1 Å². The number of aromatic amines is 1. The number of benzene rings is 2. The first-order valence-electron chi connectivity index (χ1n) is 12.0. The average Bonchev–Trinajstić information content (AvgIpc) is 3.25. The number of rotatable bonds is 6. The average molecular weight is 501 g/mol. The van der Waals surface area contributed by atoms with E-state index in [1.54, 1.807) is 18.7 Å². The van der Waals surface area contributed by atoms with Crippen molar-refractivity contribution in [2.24, 2.45) is 5.73 Å². The zero-order valence-electron chi connectivity index (χ0n) is 20.4. The van der Waals surface area contributed by atoms with Crippen LogP contribution in [0.1, 0.15) is 49.3 Å². The lowest BCUT2D eigenvalue weighted by Gasteiger charge is -2.35. The summed E-state index contributed by atoms with van der Waals surface area (Å²) in [5.41, 5.74) is 6.86. The molecule has 1 atom stereocenters. The number of amides is 2. The molecule has 1 aliphatic heterocycles. The summed E-state index contributed by atoms with van der Waals surface area (Å²) in [5, 5.41) is 3.83. The topological polar surface area (TPSA) is 91.2 Å². The van der Waals surface area contributed by atoms with Crippen LogP contribution in [0.5, 0.6) is 0 Å². The van der Waals surface area contributed by atoms with E-state index >= 15 is 0 Å². The Morgan fingerprint density at radius 1 is 1.08 bits per heavy atom. The van der Waals surface area contributed by atoms with Gasteiger partial charge in [-0.2, -0.15) is 13.2 Å². The van der Waals surface area contributed by atoms with Crippen molar-refractivity contribution in [1.29, 1.82) is 0 Å². The van der Waals surface area contributed by atoms with Gasteiger partial charge < -0.3 is 20.9 Å². The normalized spacial score (nSPS) is 16.2. The molecular weight excluding hydrogens is 469 g/mol. The maximum atomic E-state index is 13.6. The molecule has 2 heterocycles. The summed E-state index contributed by atoms with van der Waals surface area (Å²) in [7, 11) is 0. The fraction of sp³-hybridized carbons (Fsp3) is 0.407. The Morgan fingerprint density at radius 2 is 1.72 bits per heavy atom. The van der Waals surface area contributed by atoms with Crippen molar-refractivity contribution in [1.82, 2.24) is 15.2 Å². The number of para-hydroxylation sites is 1. The summed E-state index contributed by atoms with van der Waals surface area (Å²) >= 11 is 0. The molecule has 0 aliphatic carbocycles. The number of nitrogens with one attached hydrogen (secondary N) is 2. The second kappa shape index (κ2) is 9.97. The number of H-pyrrole nitrogens is 1. The summed E-state index contributed by atoms with van der Waals surface area (Å²) in [6.07, 6.45) is -0.942. The molecule has 4 N–H and O–H groups in total. The van der Waals surface area contributed by atoms with Crippen LogP contribution in [0.4, 0.5) is 13.2 Å². The van der Waals surface area contributed by atoms with Crippen LogP contribution >= 0.6 is 0 Å². The Bertz CT molecular complexity index is 1220. The molecule has 0 bridgehead atoms. The highest BCUT2D eigenvalue weighted by Gasteiger charge is 2.34. The van der Waals surface area contributed by atoms with E-state index in [2.05, 4.69) is 10.3 Å². The Balaban J connectivity index is 1.47. The van der Waals surface area contributed by atoms with Crippen molar-refractivity contribution < 1.29 is 22.8 Å².